The number of aryl methyl sites for hydroxylation is 2. The lowest BCUT2D eigenvalue weighted by molar-refractivity contribution is -0.132. The van der Waals surface area contributed by atoms with Crippen molar-refractivity contribution in [2.75, 3.05) is 11.5 Å². The Labute approximate surface area is 212 Å². The number of anilines is 1. The lowest BCUT2D eigenvalue weighted by Gasteiger charge is -2.25. The van der Waals surface area contributed by atoms with Gasteiger partial charge in [0, 0.05) is 38.9 Å². The minimum Gasteiger partial charge on any atom is -0.507 e. The van der Waals surface area contributed by atoms with Crippen LogP contribution in [-0.2, 0) is 16.0 Å². The molecule has 3 aromatic carbocycles. The molecule has 2 aliphatic heterocycles. The summed E-state index contributed by atoms with van der Waals surface area (Å²) in [6.45, 7) is 2.53. The molecule has 7 heteroatoms. The number of ketones is 1. The molecular formula is C29H23ClN2O4. The summed E-state index contributed by atoms with van der Waals surface area (Å²) in [7, 11) is 0. The first-order chi connectivity index (χ1) is 17.4. The van der Waals surface area contributed by atoms with Crippen LogP contribution in [0, 0.1) is 6.92 Å². The number of hydrogen-bond donors (Lipinski definition) is 2. The van der Waals surface area contributed by atoms with Crippen LogP contribution in [0.25, 0.3) is 16.7 Å². The number of rotatable bonds is 3. The molecule has 0 spiro atoms. The molecule has 1 amide bonds. The number of aromatic amines is 1. The zero-order chi connectivity index (χ0) is 25.0. The summed E-state index contributed by atoms with van der Waals surface area (Å²) in [6, 6.07) is 17.5. The van der Waals surface area contributed by atoms with Gasteiger partial charge in [-0.15, -0.1) is 0 Å². The Kier molecular flexibility index (Phi) is 5.34. The predicted octanol–water partition coefficient (Wildman–Crippen LogP) is 6.08. The van der Waals surface area contributed by atoms with E-state index in [2.05, 4.69) is 4.98 Å². The van der Waals surface area contributed by atoms with Crippen LogP contribution in [0.1, 0.15) is 34.7 Å². The van der Waals surface area contributed by atoms with Crippen LogP contribution in [0.15, 0.2) is 72.4 Å². The van der Waals surface area contributed by atoms with Crippen molar-refractivity contribution in [2.24, 2.45) is 0 Å². The molecule has 1 saturated heterocycles. The van der Waals surface area contributed by atoms with E-state index < -0.39 is 17.7 Å². The number of halogens is 1. The Morgan fingerprint density at radius 3 is 2.78 bits per heavy atom. The monoisotopic (exact) mass is 498 g/mol. The highest BCUT2D eigenvalue weighted by Crippen LogP contribution is 2.45. The van der Waals surface area contributed by atoms with Gasteiger partial charge >= 0.3 is 0 Å². The number of para-hydroxylation sites is 1. The minimum atomic E-state index is -0.841. The van der Waals surface area contributed by atoms with E-state index in [0.29, 0.717) is 28.4 Å². The lowest BCUT2D eigenvalue weighted by atomic mass is 9.93. The molecule has 1 fully saturated rings. The number of H-pyrrole nitrogens is 1. The van der Waals surface area contributed by atoms with Crippen molar-refractivity contribution in [3.05, 3.63) is 99.7 Å². The molecule has 180 valence electrons. The minimum absolute atomic E-state index is 0.0399. The number of Topliss-reactive ketones (excluding diaryl/α,β-unsaturated/α-hetero) is 1. The number of carbonyl (C=O) groups excluding carboxylic acids is 2. The first-order valence-corrected chi connectivity index (χ1v) is 12.2. The molecule has 0 aliphatic carbocycles. The van der Waals surface area contributed by atoms with Gasteiger partial charge in [-0.3, -0.25) is 14.5 Å². The quantitative estimate of drug-likeness (QED) is 0.204. The second kappa shape index (κ2) is 8.57. The highest BCUT2D eigenvalue weighted by Gasteiger charge is 2.47. The molecule has 1 atom stereocenters. The van der Waals surface area contributed by atoms with Gasteiger partial charge in [-0.2, -0.15) is 0 Å². The van der Waals surface area contributed by atoms with E-state index in [1.165, 1.54) is 4.90 Å². The van der Waals surface area contributed by atoms with Crippen LogP contribution in [0.4, 0.5) is 5.69 Å². The number of nitrogens with one attached hydrogen (secondary N) is 1. The van der Waals surface area contributed by atoms with Gasteiger partial charge in [0.25, 0.3) is 11.7 Å². The number of fused-ring (bicyclic) bond motifs is 2. The molecule has 0 bridgehead atoms. The number of nitrogens with zero attached hydrogens (tertiary/aromatic N) is 1. The molecule has 0 radical (unpaired) electrons. The average molecular weight is 499 g/mol. The summed E-state index contributed by atoms with van der Waals surface area (Å²) >= 11 is 6.40. The highest BCUT2D eigenvalue weighted by atomic mass is 35.5. The molecule has 1 unspecified atom stereocenters. The maximum Gasteiger partial charge on any atom is 0.300 e. The van der Waals surface area contributed by atoms with Crippen molar-refractivity contribution >= 4 is 45.6 Å². The zero-order valence-electron chi connectivity index (χ0n) is 19.5. The average Bonchev–Trinajstić information content (AvgIpc) is 3.43. The molecule has 3 heterocycles. The zero-order valence-corrected chi connectivity index (χ0v) is 20.3. The molecular weight excluding hydrogens is 476 g/mol. The standard InChI is InChI=1S/C29H23ClN2O4/c1-16-8-10-19(14-22(16)30)32-26(21-15-31-23-7-3-2-6-20(21)23)25(28(34)29(32)35)27(33)18-9-11-24-17(13-18)5-4-12-36-24/h2-3,6-11,13-15,26,31,33H,4-5,12H2,1H3/b27-25+. The summed E-state index contributed by atoms with van der Waals surface area (Å²) < 4.78 is 5.70. The molecule has 4 aromatic rings. The Morgan fingerprint density at radius 1 is 1.11 bits per heavy atom. The Morgan fingerprint density at radius 2 is 1.94 bits per heavy atom. The number of aromatic nitrogens is 1. The number of amides is 1. The fraction of sp³-hybridized carbons (Fsp3) is 0.172. The highest BCUT2D eigenvalue weighted by molar-refractivity contribution is 6.52. The van der Waals surface area contributed by atoms with Gasteiger partial charge in [0.05, 0.1) is 18.2 Å². The van der Waals surface area contributed by atoms with E-state index >= 15 is 0 Å². The van der Waals surface area contributed by atoms with Crippen molar-refractivity contribution in [3.8, 4) is 5.75 Å². The van der Waals surface area contributed by atoms with E-state index in [0.717, 1.165) is 40.6 Å². The number of benzene rings is 3. The summed E-state index contributed by atoms with van der Waals surface area (Å²) in [5.41, 5.74) is 4.41. The Balaban J connectivity index is 1.58. The number of aliphatic hydroxyl groups is 1. The summed E-state index contributed by atoms with van der Waals surface area (Å²) in [4.78, 5) is 31.6. The summed E-state index contributed by atoms with van der Waals surface area (Å²) in [6.07, 6.45) is 3.49. The van der Waals surface area contributed by atoms with E-state index in [4.69, 9.17) is 16.3 Å². The number of carbonyl (C=O) groups is 2. The SMILES string of the molecule is Cc1ccc(N2C(=O)C(=O)/C(=C(/O)c3ccc4c(c3)CCCO4)C2c2c[nH]c3ccccc23)cc1Cl. The van der Waals surface area contributed by atoms with Crippen LogP contribution in [0.5, 0.6) is 5.75 Å². The largest absolute Gasteiger partial charge is 0.507 e. The van der Waals surface area contributed by atoms with Gasteiger partial charge < -0.3 is 14.8 Å². The summed E-state index contributed by atoms with van der Waals surface area (Å²) in [5, 5.41) is 12.9. The normalized spacial score (nSPS) is 18.9. The molecule has 0 saturated carbocycles. The summed E-state index contributed by atoms with van der Waals surface area (Å²) in [5.74, 6) is -0.889. The van der Waals surface area contributed by atoms with Crippen molar-refractivity contribution in [3.63, 3.8) is 0 Å². The third-order valence-electron chi connectivity index (χ3n) is 6.98. The van der Waals surface area contributed by atoms with Crippen molar-refractivity contribution < 1.29 is 19.4 Å². The van der Waals surface area contributed by atoms with Crippen LogP contribution in [0.3, 0.4) is 0 Å². The van der Waals surface area contributed by atoms with Crippen LogP contribution in [-0.4, -0.2) is 28.4 Å². The molecule has 6 nitrogen and oxygen atoms in total. The number of aliphatic hydroxyl groups excluding tert-OH is 1. The first kappa shape index (κ1) is 22.4. The van der Waals surface area contributed by atoms with Crippen LogP contribution < -0.4 is 9.64 Å². The maximum atomic E-state index is 13.5. The molecule has 1 aromatic heterocycles. The van der Waals surface area contributed by atoms with Gasteiger partial charge in [0.1, 0.15) is 11.5 Å². The van der Waals surface area contributed by atoms with E-state index in [1.807, 2.05) is 43.3 Å². The van der Waals surface area contributed by atoms with Gasteiger partial charge in [-0.05, 0) is 67.3 Å². The fourth-order valence-electron chi connectivity index (χ4n) is 5.11. The third kappa shape index (κ3) is 3.48. The van der Waals surface area contributed by atoms with Gasteiger partial charge in [-0.25, -0.2) is 0 Å². The first-order valence-electron chi connectivity index (χ1n) is 11.8. The smallest absolute Gasteiger partial charge is 0.300 e. The predicted molar refractivity (Wildman–Crippen MR) is 140 cm³/mol. The number of hydrogen-bond acceptors (Lipinski definition) is 4. The van der Waals surface area contributed by atoms with E-state index in [-0.39, 0.29) is 11.3 Å². The lowest BCUT2D eigenvalue weighted by Crippen LogP contribution is -2.29. The Hall–Kier alpha value is -4.03. The van der Waals surface area contributed by atoms with Crippen molar-refractivity contribution in [1.29, 1.82) is 0 Å². The molecule has 2 aliphatic rings. The van der Waals surface area contributed by atoms with Gasteiger partial charge in [-0.1, -0.05) is 35.9 Å². The maximum absolute atomic E-state index is 13.5. The van der Waals surface area contributed by atoms with Crippen molar-refractivity contribution in [1.82, 2.24) is 4.98 Å². The van der Waals surface area contributed by atoms with Gasteiger partial charge in [0.15, 0.2) is 0 Å². The number of ether oxygens (including phenoxy) is 1. The van der Waals surface area contributed by atoms with E-state index in [9.17, 15) is 14.7 Å². The molecule has 2 N–H and O–H groups in total. The van der Waals surface area contributed by atoms with Crippen molar-refractivity contribution in [2.45, 2.75) is 25.8 Å². The second-order valence-electron chi connectivity index (χ2n) is 9.17. The molecule has 36 heavy (non-hydrogen) atoms. The van der Waals surface area contributed by atoms with Crippen LogP contribution in [0.2, 0.25) is 5.02 Å². The van der Waals surface area contributed by atoms with Crippen LogP contribution >= 0.6 is 11.6 Å². The van der Waals surface area contributed by atoms with E-state index in [1.54, 1.807) is 30.5 Å². The fourth-order valence-corrected chi connectivity index (χ4v) is 5.28. The van der Waals surface area contributed by atoms with Gasteiger partial charge in [0.2, 0.25) is 0 Å². The topological polar surface area (TPSA) is 82.6 Å². The molecule has 6 rings (SSSR count). The Bertz CT molecular complexity index is 1590. The third-order valence-corrected chi connectivity index (χ3v) is 7.38. The second-order valence-corrected chi connectivity index (χ2v) is 9.57.